The standard InChI is InChI=1S/C24H26N4O3/c1-17(29)18-7-9-19(10-8-18)27-13-15-28(16-14-27)23(30)12-11-22-25-21-6-4-3-5-20(21)24(31)26(22)2/h3-10H,11-16H2,1-2H3. The highest BCUT2D eigenvalue weighted by Gasteiger charge is 2.22. The van der Waals surface area contributed by atoms with E-state index in [1.165, 1.54) is 4.57 Å². The van der Waals surface area contributed by atoms with Gasteiger partial charge in [-0.3, -0.25) is 19.0 Å². The fourth-order valence-electron chi connectivity index (χ4n) is 3.99. The lowest BCUT2D eigenvalue weighted by molar-refractivity contribution is -0.131. The molecule has 7 heteroatoms. The fourth-order valence-corrected chi connectivity index (χ4v) is 3.99. The van der Waals surface area contributed by atoms with Gasteiger partial charge in [-0.15, -0.1) is 0 Å². The van der Waals surface area contributed by atoms with Crippen molar-refractivity contribution in [1.29, 1.82) is 0 Å². The van der Waals surface area contributed by atoms with Gasteiger partial charge < -0.3 is 9.80 Å². The first-order valence-electron chi connectivity index (χ1n) is 10.5. The third-order valence-corrected chi connectivity index (χ3v) is 5.91. The van der Waals surface area contributed by atoms with E-state index < -0.39 is 0 Å². The number of benzene rings is 2. The number of aryl methyl sites for hydroxylation is 1. The molecule has 0 bridgehead atoms. The molecule has 1 aromatic heterocycles. The van der Waals surface area contributed by atoms with Crippen molar-refractivity contribution < 1.29 is 9.59 Å². The molecule has 2 aromatic carbocycles. The van der Waals surface area contributed by atoms with E-state index in [1.807, 2.05) is 47.4 Å². The zero-order valence-electron chi connectivity index (χ0n) is 17.9. The third kappa shape index (κ3) is 4.35. The van der Waals surface area contributed by atoms with Gasteiger partial charge in [0.05, 0.1) is 10.9 Å². The number of para-hydroxylation sites is 1. The van der Waals surface area contributed by atoms with Crippen LogP contribution in [0.4, 0.5) is 5.69 Å². The Balaban J connectivity index is 1.35. The van der Waals surface area contributed by atoms with Crippen LogP contribution >= 0.6 is 0 Å². The molecule has 0 N–H and O–H groups in total. The van der Waals surface area contributed by atoms with E-state index >= 15 is 0 Å². The first-order chi connectivity index (χ1) is 14.9. The summed E-state index contributed by atoms with van der Waals surface area (Å²) in [4.78, 5) is 45.4. The smallest absolute Gasteiger partial charge is 0.261 e. The molecular formula is C24H26N4O3. The number of fused-ring (bicyclic) bond motifs is 1. The number of aromatic nitrogens is 2. The van der Waals surface area contributed by atoms with Crippen molar-refractivity contribution in [2.45, 2.75) is 19.8 Å². The van der Waals surface area contributed by atoms with Gasteiger partial charge >= 0.3 is 0 Å². The third-order valence-electron chi connectivity index (χ3n) is 5.91. The van der Waals surface area contributed by atoms with E-state index in [-0.39, 0.29) is 17.2 Å². The number of ketones is 1. The second-order valence-corrected chi connectivity index (χ2v) is 7.88. The number of rotatable bonds is 5. The van der Waals surface area contributed by atoms with Crippen LogP contribution in [0.15, 0.2) is 53.3 Å². The number of anilines is 1. The van der Waals surface area contributed by atoms with Crippen LogP contribution in [0.25, 0.3) is 10.9 Å². The molecule has 3 aromatic rings. The number of carbonyl (C=O) groups is 2. The number of Topliss-reactive ketones (excluding diaryl/α,β-unsaturated/α-hetero) is 1. The summed E-state index contributed by atoms with van der Waals surface area (Å²) in [5, 5.41) is 0.590. The molecule has 0 atom stereocenters. The van der Waals surface area contributed by atoms with E-state index in [2.05, 4.69) is 9.88 Å². The molecule has 1 aliphatic rings. The molecule has 1 saturated heterocycles. The largest absolute Gasteiger partial charge is 0.368 e. The van der Waals surface area contributed by atoms with Crippen molar-refractivity contribution in [2.24, 2.45) is 7.05 Å². The Labute approximate surface area is 180 Å². The monoisotopic (exact) mass is 418 g/mol. The lowest BCUT2D eigenvalue weighted by Crippen LogP contribution is -2.48. The molecule has 2 heterocycles. The van der Waals surface area contributed by atoms with Gasteiger partial charge in [0.2, 0.25) is 5.91 Å². The normalized spacial score (nSPS) is 14.1. The Bertz CT molecular complexity index is 1180. The first-order valence-corrected chi connectivity index (χ1v) is 10.5. The van der Waals surface area contributed by atoms with Crippen LogP contribution in [0.1, 0.15) is 29.5 Å². The highest BCUT2D eigenvalue weighted by Crippen LogP contribution is 2.18. The molecule has 0 unspecified atom stereocenters. The van der Waals surface area contributed by atoms with Gasteiger partial charge in [-0.1, -0.05) is 12.1 Å². The van der Waals surface area contributed by atoms with Crippen molar-refractivity contribution in [2.75, 3.05) is 31.1 Å². The predicted octanol–water partition coefficient (Wildman–Crippen LogP) is 2.42. The summed E-state index contributed by atoms with van der Waals surface area (Å²) in [7, 11) is 1.71. The van der Waals surface area contributed by atoms with Crippen molar-refractivity contribution >= 4 is 28.3 Å². The molecule has 0 spiro atoms. The van der Waals surface area contributed by atoms with E-state index in [9.17, 15) is 14.4 Å². The van der Waals surface area contributed by atoms with E-state index in [1.54, 1.807) is 20.0 Å². The summed E-state index contributed by atoms with van der Waals surface area (Å²) in [6.45, 7) is 4.36. The number of amides is 1. The first kappa shape index (κ1) is 20.8. The van der Waals surface area contributed by atoms with Gasteiger partial charge in [0.15, 0.2) is 5.78 Å². The zero-order valence-corrected chi connectivity index (χ0v) is 17.9. The van der Waals surface area contributed by atoms with Crippen LogP contribution in [0.3, 0.4) is 0 Å². The second kappa shape index (κ2) is 8.71. The zero-order chi connectivity index (χ0) is 22.0. The highest BCUT2D eigenvalue weighted by atomic mass is 16.2. The quantitative estimate of drug-likeness (QED) is 0.595. The average molecular weight is 418 g/mol. The summed E-state index contributed by atoms with van der Waals surface area (Å²) in [6.07, 6.45) is 0.758. The van der Waals surface area contributed by atoms with Crippen LogP contribution in [0.5, 0.6) is 0 Å². The van der Waals surface area contributed by atoms with E-state index in [0.717, 1.165) is 18.8 Å². The summed E-state index contributed by atoms with van der Waals surface area (Å²) in [6, 6.07) is 14.9. The molecule has 7 nitrogen and oxygen atoms in total. The fraction of sp³-hybridized carbons (Fsp3) is 0.333. The predicted molar refractivity (Wildman–Crippen MR) is 121 cm³/mol. The van der Waals surface area contributed by atoms with Crippen molar-refractivity contribution in [3.63, 3.8) is 0 Å². The number of nitrogens with zero attached hydrogens (tertiary/aromatic N) is 4. The number of piperazine rings is 1. The molecule has 1 aliphatic heterocycles. The van der Waals surface area contributed by atoms with Crippen LogP contribution in [0.2, 0.25) is 0 Å². The average Bonchev–Trinajstić information content (AvgIpc) is 2.80. The minimum Gasteiger partial charge on any atom is -0.368 e. The van der Waals surface area contributed by atoms with Gasteiger partial charge in [-0.05, 0) is 43.3 Å². The van der Waals surface area contributed by atoms with Crippen molar-refractivity contribution in [3.05, 3.63) is 70.3 Å². The van der Waals surface area contributed by atoms with Gasteiger partial charge in [-0.2, -0.15) is 0 Å². The molecule has 0 saturated carbocycles. The van der Waals surface area contributed by atoms with E-state index in [0.29, 0.717) is 48.2 Å². The molecule has 31 heavy (non-hydrogen) atoms. The Kier molecular flexibility index (Phi) is 5.84. The molecular weight excluding hydrogens is 392 g/mol. The highest BCUT2D eigenvalue weighted by molar-refractivity contribution is 5.94. The molecule has 0 radical (unpaired) electrons. The topological polar surface area (TPSA) is 75.5 Å². The minimum absolute atomic E-state index is 0.0559. The number of hydrogen-bond donors (Lipinski definition) is 0. The van der Waals surface area contributed by atoms with Gasteiger partial charge in [0.1, 0.15) is 5.82 Å². The number of hydrogen-bond acceptors (Lipinski definition) is 5. The lowest BCUT2D eigenvalue weighted by atomic mass is 10.1. The molecule has 1 fully saturated rings. The van der Waals surface area contributed by atoms with Crippen LogP contribution in [-0.4, -0.2) is 52.3 Å². The van der Waals surface area contributed by atoms with Gasteiger partial charge in [0, 0.05) is 57.3 Å². The van der Waals surface area contributed by atoms with Crippen LogP contribution in [0, 0.1) is 0 Å². The maximum Gasteiger partial charge on any atom is 0.261 e. The second-order valence-electron chi connectivity index (χ2n) is 7.88. The van der Waals surface area contributed by atoms with Gasteiger partial charge in [-0.25, -0.2) is 4.98 Å². The maximum absolute atomic E-state index is 12.7. The Hall–Kier alpha value is -3.48. The van der Waals surface area contributed by atoms with Crippen LogP contribution < -0.4 is 10.5 Å². The van der Waals surface area contributed by atoms with Crippen molar-refractivity contribution in [1.82, 2.24) is 14.5 Å². The molecule has 1 amide bonds. The molecule has 0 aliphatic carbocycles. The lowest BCUT2D eigenvalue weighted by Gasteiger charge is -2.36. The van der Waals surface area contributed by atoms with Gasteiger partial charge in [0.25, 0.3) is 5.56 Å². The summed E-state index contributed by atoms with van der Waals surface area (Å²) in [5.74, 6) is 0.760. The Morgan fingerprint density at radius 2 is 1.65 bits per heavy atom. The SMILES string of the molecule is CC(=O)c1ccc(N2CCN(C(=O)CCc3nc4ccccc4c(=O)n3C)CC2)cc1. The Morgan fingerprint density at radius 3 is 2.32 bits per heavy atom. The summed E-state index contributed by atoms with van der Waals surface area (Å²) < 4.78 is 1.54. The summed E-state index contributed by atoms with van der Waals surface area (Å²) in [5.41, 5.74) is 2.34. The van der Waals surface area contributed by atoms with E-state index in [4.69, 9.17) is 0 Å². The minimum atomic E-state index is -0.0857. The van der Waals surface area contributed by atoms with Crippen molar-refractivity contribution in [3.8, 4) is 0 Å². The summed E-state index contributed by atoms with van der Waals surface area (Å²) >= 11 is 0. The number of carbonyl (C=O) groups excluding carboxylic acids is 2. The Morgan fingerprint density at radius 1 is 0.968 bits per heavy atom. The molecule has 160 valence electrons. The molecule has 4 rings (SSSR count). The maximum atomic E-state index is 12.7. The van der Waals surface area contributed by atoms with Crippen LogP contribution in [-0.2, 0) is 18.3 Å².